The second-order valence-electron chi connectivity index (χ2n) is 5.19. The average molecular weight is 351 g/mol. The van der Waals surface area contributed by atoms with Crippen molar-refractivity contribution in [2.45, 2.75) is 0 Å². The van der Waals surface area contributed by atoms with Crippen molar-refractivity contribution < 1.29 is 4.79 Å². The van der Waals surface area contributed by atoms with E-state index >= 15 is 0 Å². The molecule has 0 spiro atoms. The highest BCUT2D eigenvalue weighted by Gasteiger charge is 2.22. The van der Waals surface area contributed by atoms with Gasteiger partial charge in [-0.1, -0.05) is 35.3 Å². The third-order valence-electron chi connectivity index (χ3n) is 3.73. The summed E-state index contributed by atoms with van der Waals surface area (Å²) in [4.78, 5) is 20.6. The molecule has 0 radical (unpaired) electrons. The average Bonchev–Trinajstić information content (AvgIpc) is 2.59. The van der Waals surface area contributed by atoms with E-state index in [9.17, 15) is 4.79 Å². The molecular weight excluding hydrogens is 335 g/mol. The number of carbonyl (C=O) groups is 1. The van der Waals surface area contributed by atoms with E-state index in [0.717, 1.165) is 18.9 Å². The predicted octanol–water partition coefficient (Wildman–Crippen LogP) is 3.74. The number of hydrogen-bond acceptors (Lipinski definition) is 3. The lowest BCUT2D eigenvalue weighted by atomic mass is 10.3. The van der Waals surface area contributed by atoms with Crippen molar-refractivity contribution in [3.05, 3.63) is 52.6 Å². The second kappa shape index (κ2) is 7.06. The Hall–Kier alpha value is -1.98. The Balaban J connectivity index is 1.60. The number of anilines is 2. The maximum atomic E-state index is 12.4. The van der Waals surface area contributed by atoms with Gasteiger partial charge in [-0.15, -0.1) is 0 Å². The van der Waals surface area contributed by atoms with E-state index in [1.54, 1.807) is 29.3 Å². The van der Waals surface area contributed by atoms with Crippen molar-refractivity contribution >= 4 is 40.7 Å². The maximum absolute atomic E-state index is 12.4. The minimum Gasteiger partial charge on any atom is -0.353 e. The first-order valence-corrected chi connectivity index (χ1v) is 8.06. The molecule has 7 heteroatoms. The number of aromatic nitrogens is 1. The summed E-state index contributed by atoms with van der Waals surface area (Å²) in [7, 11) is 0. The van der Waals surface area contributed by atoms with E-state index in [1.165, 1.54) is 0 Å². The number of halogens is 2. The van der Waals surface area contributed by atoms with E-state index < -0.39 is 0 Å². The molecule has 2 heterocycles. The van der Waals surface area contributed by atoms with Gasteiger partial charge in [0.25, 0.3) is 0 Å². The summed E-state index contributed by atoms with van der Waals surface area (Å²) >= 11 is 12.2. The largest absolute Gasteiger partial charge is 0.353 e. The zero-order valence-corrected chi connectivity index (χ0v) is 13.9. The lowest BCUT2D eigenvalue weighted by Gasteiger charge is -2.35. The van der Waals surface area contributed by atoms with Crippen LogP contribution in [0.5, 0.6) is 0 Å². The zero-order chi connectivity index (χ0) is 16.2. The first kappa shape index (κ1) is 15.9. The number of nitrogens with zero attached hydrogens (tertiary/aromatic N) is 3. The van der Waals surface area contributed by atoms with Gasteiger partial charge in [-0.3, -0.25) is 0 Å². The first-order chi connectivity index (χ1) is 11.1. The number of carbonyl (C=O) groups excluding carboxylic acids is 1. The standard InChI is InChI=1S/C16H16Cl2N4O/c17-12-4-3-5-13(18)15(12)20-16(23)22-10-8-21(9-11-22)14-6-1-2-7-19-14/h1-7H,8-11H2,(H,20,23). The van der Waals surface area contributed by atoms with Crippen molar-refractivity contribution in [2.75, 3.05) is 36.4 Å². The molecule has 1 aliphatic rings. The molecule has 2 aromatic rings. The monoisotopic (exact) mass is 350 g/mol. The fraction of sp³-hybridized carbons (Fsp3) is 0.250. The second-order valence-corrected chi connectivity index (χ2v) is 6.00. The van der Waals surface area contributed by atoms with Gasteiger partial charge in [0.15, 0.2) is 0 Å². The van der Waals surface area contributed by atoms with Crippen LogP contribution < -0.4 is 10.2 Å². The molecule has 1 fully saturated rings. The quantitative estimate of drug-likeness (QED) is 0.897. The van der Waals surface area contributed by atoms with Crippen molar-refractivity contribution in [3.8, 4) is 0 Å². The number of pyridine rings is 1. The van der Waals surface area contributed by atoms with Gasteiger partial charge in [0.05, 0.1) is 15.7 Å². The van der Waals surface area contributed by atoms with Gasteiger partial charge in [0, 0.05) is 32.4 Å². The van der Waals surface area contributed by atoms with Gasteiger partial charge < -0.3 is 15.1 Å². The molecule has 23 heavy (non-hydrogen) atoms. The number of piperazine rings is 1. The number of para-hydroxylation sites is 1. The summed E-state index contributed by atoms with van der Waals surface area (Å²) < 4.78 is 0. The summed E-state index contributed by atoms with van der Waals surface area (Å²) in [5, 5.41) is 3.65. The van der Waals surface area contributed by atoms with Crippen LogP contribution in [0.25, 0.3) is 0 Å². The maximum Gasteiger partial charge on any atom is 0.322 e. The summed E-state index contributed by atoms with van der Waals surface area (Å²) in [5.74, 6) is 0.932. The molecule has 0 saturated carbocycles. The third-order valence-corrected chi connectivity index (χ3v) is 4.36. The normalized spacial score (nSPS) is 14.7. The highest BCUT2D eigenvalue weighted by Crippen LogP contribution is 2.30. The molecule has 1 N–H and O–H groups in total. The van der Waals surface area contributed by atoms with Crippen molar-refractivity contribution in [2.24, 2.45) is 0 Å². The highest BCUT2D eigenvalue weighted by atomic mass is 35.5. The van der Waals surface area contributed by atoms with Gasteiger partial charge in [0.1, 0.15) is 5.82 Å². The van der Waals surface area contributed by atoms with Crippen molar-refractivity contribution in [3.63, 3.8) is 0 Å². The molecule has 1 aliphatic heterocycles. The number of hydrogen-bond donors (Lipinski definition) is 1. The lowest BCUT2D eigenvalue weighted by Crippen LogP contribution is -2.50. The molecule has 0 aliphatic carbocycles. The third kappa shape index (κ3) is 3.68. The van der Waals surface area contributed by atoms with E-state index in [4.69, 9.17) is 23.2 Å². The van der Waals surface area contributed by atoms with Crippen LogP contribution in [0, 0.1) is 0 Å². The number of benzene rings is 1. The lowest BCUT2D eigenvalue weighted by molar-refractivity contribution is 0.208. The molecule has 1 aromatic carbocycles. The van der Waals surface area contributed by atoms with Gasteiger partial charge >= 0.3 is 6.03 Å². The van der Waals surface area contributed by atoms with Crippen molar-refractivity contribution in [1.29, 1.82) is 0 Å². The van der Waals surface area contributed by atoms with Crippen LogP contribution in [0.3, 0.4) is 0 Å². The van der Waals surface area contributed by atoms with Crippen LogP contribution in [0.2, 0.25) is 10.0 Å². The molecule has 120 valence electrons. The minimum atomic E-state index is -0.194. The molecule has 0 atom stereocenters. The van der Waals surface area contributed by atoms with Gasteiger partial charge in [-0.25, -0.2) is 9.78 Å². The summed E-state index contributed by atoms with van der Waals surface area (Å²) in [5.41, 5.74) is 0.452. The van der Waals surface area contributed by atoms with E-state index in [2.05, 4.69) is 15.2 Å². The number of urea groups is 1. The Morgan fingerprint density at radius 1 is 1.00 bits per heavy atom. The molecule has 5 nitrogen and oxygen atoms in total. The van der Waals surface area contributed by atoms with Crippen LogP contribution in [-0.2, 0) is 0 Å². The van der Waals surface area contributed by atoms with Gasteiger partial charge in [0.2, 0.25) is 0 Å². The predicted molar refractivity (Wildman–Crippen MR) is 93.5 cm³/mol. The molecule has 1 aromatic heterocycles. The molecule has 0 bridgehead atoms. The van der Waals surface area contributed by atoms with E-state index in [0.29, 0.717) is 28.8 Å². The SMILES string of the molecule is O=C(Nc1c(Cl)cccc1Cl)N1CCN(c2ccccn2)CC1. The fourth-order valence-corrected chi connectivity index (χ4v) is 2.97. The van der Waals surface area contributed by atoms with Crippen LogP contribution >= 0.6 is 23.2 Å². The van der Waals surface area contributed by atoms with Crippen LogP contribution in [0.4, 0.5) is 16.3 Å². The topological polar surface area (TPSA) is 48.5 Å². The van der Waals surface area contributed by atoms with Crippen LogP contribution in [0.15, 0.2) is 42.6 Å². The van der Waals surface area contributed by atoms with Gasteiger partial charge in [-0.2, -0.15) is 0 Å². The molecule has 3 rings (SSSR count). The summed E-state index contributed by atoms with van der Waals surface area (Å²) in [6.07, 6.45) is 1.77. The summed E-state index contributed by atoms with van der Waals surface area (Å²) in [6.45, 7) is 2.70. The Bertz CT molecular complexity index is 667. The van der Waals surface area contributed by atoms with E-state index in [1.807, 2.05) is 18.2 Å². The first-order valence-electron chi connectivity index (χ1n) is 7.31. The molecule has 1 saturated heterocycles. The van der Waals surface area contributed by atoms with Crippen LogP contribution in [0.1, 0.15) is 0 Å². The van der Waals surface area contributed by atoms with Crippen molar-refractivity contribution in [1.82, 2.24) is 9.88 Å². The Labute approximate surface area is 144 Å². The number of amides is 2. The molecular formula is C16H16Cl2N4O. The smallest absolute Gasteiger partial charge is 0.322 e. The number of nitrogens with one attached hydrogen (secondary N) is 1. The highest BCUT2D eigenvalue weighted by molar-refractivity contribution is 6.39. The Morgan fingerprint density at radius 3 is 2.30 bits per heavy atom. The van der Waals surface area contributed by atoms with Crippen LogP contribution in [-0.4, -0.2) is 42.1 Å². The number of rotatable bonds is 2. The molecule has 0 unspecified atom stereocenters. The van der Waals surface area contributed by atoms with E-state index in [-0.39, 0.29) is 6.03 Å². The Morgan fingerprint density at radius 2 is 1.70 bits per heavy atom. The Kier molecular flexibility index (Phi) is 4.88. The minimum absolute atomic E-state index is 0.194. The fourth-order valence-electron chi connectivity index (χ4n) is 2.48. The summed E-state index contributed by atoms with van der Waals surface area (Å²) in [6, 6.07) is 10.8. The molecule has 2 amide bonds. The zero-order valence-electron chi connectivity index (χ0n) is 12.4. The van der Waals surface area contributed by atoms with Gasteiger partial charge in [-0.05, 0) is 24.3 Å².